The molecule has 0 bridgehead atoms. The van der Waals surface area contributed by atoms with Gasteiger partial charge >= 0.3 is 27.5 Å². The average Bonchev–Trinajstić information content (AvgIpc) is 2.99. The second kappa shape index (κ2) is 15.5. The molecular formula is C28H41ClIrNO2. The van der Waals surface area contributed by atoms with E-state index in [-0.39, 0.29) is 7.43 Å². The molecule has 186 valence electrons. The van der Waals surface area contributed by atoms with Gasteiger partial charge in [0, 0.05) is 5.75 Å². The van der Waals surface area contributed by atoms with Gasteiger partial charge in [0.2, 0.25) is 0 Å². The third-order valence-corrected chi connectivity index (χ3v) is 7.25. The summed E-state index contributed by atoms with van der Waals surface area (Å²) in [7, 11) is 7.94. The summed E-state index contributed by atoms with van der Waals surface area (Å²) in [5.74, 6) is 6.31. The average molecular weight is 651 g/mol. The predicted molar refractivity (Wildman–Crippen MR) is 140 cm³/mol. The van der Waals surface area contributed by atoms with E-state index in [1.807, 2.05) is 50.2 Å². The Hall–Kier alpha value is -1.35. The van der Waals surface area contributed by atoms with Crippen LogP contribution in [0.15, 0.2) is 41.4 Å². The van der Waals surface area contributed by atoms with Gasteiger partial charge in [-0.25, -0.2) is 0 Å². The van der Waals surface area contributed by atoms with Gasteiger partial charge in [0.25, 0.3) is 0 Å². The van der Waals surface area contributed by atoms with Crippen molar-refractivity contribution >= 4 is 21.0 Å². The number of hydrogen-bond donors (Lipinski definition) is 0. The molecule has 0 amide bonds. The van der Waals surface area contributed by atoms with E-state index in [0.29, 0.717) is 0 Å². The fourth-order valence-electron chi connectivity index (χ4n) is 4.28. The van der Waals surface area contributed by atoms with Crippen LogP contribution in [0.25, 0.3) is 0 Å². The Morgan fingerprint density at radius 1 is 0.848 bits per heavy atom. The van der Waals surface area contributed by atoms with E-state index in [1.54, 1.807) is 14.2 Å². The molecule has 1 saturated carbocycles. The molecule has 3 rings (SSSR count). The first-order chi connectivity index (χ1) is 15.2. The molecule has 33 heavy (non-hydrogen) atoms. The zero-order chi connectivity index (χ0) is 24.4. The van der Waals surface area contributed by atoms with Crippen LogP contribution in [0.1, 0.15) is 52.7 Å². The van der Waals surface area contributed by atoms with Gasteiger partial charge in [-0.2, -0.15) is 0 Å². The molecule has 0 heterocycles. The third kappa shape index (κ3) is 8.74. The van der Waals surface area contributed by atoms with E-state index >= 15 is 0 Å². The summed E-state index contributed by atoms with van der Waals surface area (Å²) in [5.41, 5.74) is 3.90. The third-order valence-electron chi connectivity index (χ3n) is 7.25. The van der Waals surface area contributed by atoms with Crippen LogP contribution in [0.4, 0.5) is 5.69 Å². The van der Waals surface area contributed by atoms with Gasteiger partial charge in [0.05, 0.1) is 19.9 Å². The molecule has 3 nitrogen and oxygen atoms in total. The number of methoxy groups -OCH3 is 2. The van der Waals surface area contributed by atoms with Crippen molar-refractivity contribution in [1.29, 1.82) is 0 Å². The Morgan fingerprint density at radius 3 is 1.67 bits per heavy atom. The standard InChI is InChI=1S/C17H18NO2.C10H20.CH3.ClH.Ir/c1-12-11-16(20-4)9-10-17(12)18-13(2)14-5-7-15(19-3)8-6-14;1-6-7(2)9(4)10(5)8(6)3;;;/h5,7-11H,1-4H3;6-10H,1-5H3;1H3;1H;/q-1;;-1;;+3/p-1. The van der Waals surface area contributed by atoms with E-state index in [1.165, 1.54) is 17.9 Å². The van der Waals surface area contributed by atoms with E-state index in [4.69, 9.17) is 9.47 Å². The Morgan fingerprint density at radius 2 is 1.30 bits per heavy atom. The Labute approximate surface area is 217 Å². The van der Waals surface area contributed by atoms with Crippen LogP contribution in [0.3, 0.4) is 0 Å². The molecular weight excluding hydrogens is 610 g/mol. The molecule has 0 aromatic heterocycles. The van der Waals surface area contributed by atoms with Gasteiger partial charge in [-0.15, -0.1) is 29.8 Å². The van der Waals surface area contributed by atoms with Crippen LogP contribution in [0.5, 0.6) is 11.5 Å². The van der Waals surface area contributed by atoms with Crippen LogP contribution in [0, 0.1) is 50.0 Å². The minimum absolute atomic E-state index is 0. The van der Waals surface area contributed by atoms with Crippen molar-refractivity contribution in [3.63, 3.8) is 0 Å². The first kappa shape index (κ1) is 31.6. The van der Waals surface area contributed by atoms with Crippen LogP contribution in [0.2, 0.25) is 0 Å². The Balaban J connectivity index is 0.000000666. The number of hydrogen-bond acceptors (Lipinski definition) is 3. The molecule has 0 aliphatic heterocycles. The Kier molecular flexibility index (Phi) is 14.9. The second-order valence-corrected chi connectivity index (χ2v) is 8.79. The van der Waals surface area contributed by atoms with Gasteiger partial charge in [-0.05, 0) is 66.0 Å². The maximum absolute atomic E-state index is 5.20. The van der Waals surface area contributed by atoms with Gasteiger partial charge in [-0.1, -0.05) is 41.5 Å². The quantitative estimate of drug-likeness (QED) is 0.246. The van der Waals surface area contributed by atoms with Crippen LogP contribution >= 0.6 is 9.58 Å². The number of halogens is 1. The first-order valence-corrected chi connectivity index (χ1v) is 14.0. The molecule has 1 aliphatic rings. The molecule has 1 fully saturated rings. The molecule has 2 aromatic rings. The summed E-state index contributed by atoms with van der Waals surface area (Å²) in [6.07, 6.45) is 0. The summed E-state index contributed by atoms with van der Waals surface area (Å²) >= 11 is 1.47. The van der Waals surface area contributed by atoms with Crippen molar-refractivity contribution < 1.29 is 27.4 Å². The van der Waals surface area contributed by atoms with Crippen molar-refractivity contribution in [1.82, 2.24) is 0 Å². The number of benzene rings is 2. The molecule has 0 unspecified atom stereocenters. The Bertz CT molecular complexity index is 809. The van der Waals surface area contributed by atoms with Gasteiger partial charge < -0.3 is 21.9 Å². The second-order valence-electron chi connectivity index (χ2n) is 8.79. The van der Waals surface area contributed by atoms with Gasteiger partial charge in [0.15, 0.2) is 0 Å². The summed E-state index contributed by atoms with van der Waals surface area (Å²) < 4.78 is 10.3. The van der Waals surface area contributed by atoms with Crippen LogP contribution in [-0.4, -0.2) is 19.9 Å². The van der Waals surface area contributed by atoms with Crippen LogP contribution in [-0.2, 0) is 17.9 Å². The molecule has 0 saturated heterocycles. The molecule has 1 aliphatic carbocycles. The predicted octanol–water partition coefficient (Wildman–Crippen LogP) is 8.27. The summed E-state index contributed by atoms with van der Waals surface area (Å²) in [4.78, 5) is 4.65. The first-order valence-electron chi connectivity index (χ1n) is 11.1. The zero-order valence-electron chi connectivity index (χ0n) is 21.8. The van der Waals surface area contributed by atoms with E-state index < -0.39 is 0 Å². The fraction of sp³-hybridized carbons (Fsp3) is 0.500. The summed E-state index contributed by atoms with van der Waals surface area (Å²) in [6.45, 7) is 16.0. The molecule has 0 atom stereocenters. The maximum atomic E-state index is 5.20. The number of nitrogens with zero attached hydrogens (tertiary/aromatic N) is 1. The van der Waals surface area contributed by atoms with Crippen LogP contribution < -0.4 is 9.47 Å². The summed E-state index contributed by atoms with van der Waals surface area (Å²) in [5, 5.41) is 0. The molecule has 0 N–H and O–H groups in total. The molecule has 5 heteroatoms. The van der Waals surface area contributed by atoms with Crippen molar-refractivity contribution in [2.75, 3.05) is 14.2 Å². The van der Waals surface area contributed by atoms with E-state index in [9.17, 15) is 0 Å². The van der Waals surface area contributed by atoms with Crippen molar-refractivity contribution in [3.8, 4) is 11.5 Å². The fourth-order valence-corrected chi connectivity index (χ4v) is 4.28. The number of aryl methyl sites for hydroxylation is 1. The van der Waals surface area contributed by atoms with Crippen molar-refractivity contribution in [3.05, 3.63) is 61.0 Å². The van der Waals surface area contributed by atoms with E-state index in [0.717, 1.165) is 63.6 Å². The molecule has 2 aromatic carbocycles. The SMILES string of the molecule is CC1C(C)C(C)C(C)C1C.COc1c[c-]c(C(C)=Nc2ccc(OC)cc2C)cc1.[CH3-].[Cl][Ir+2]. The number of ether oxygens (including phenoxy) is 2. The van der Waals surface area contributed by atoms with Gasteiger partial charge in [-0.3, -0.25) is 0 Å². The number of aliphatic imine (C=N–C) groups is 1. The topological polar surface area (TPSA) is 30.8 Å². The zero-order valence-corrected chi connectivity index (χ0v) is 25.0. The monoisotopic (exact) mass is 651 g/mol. The normalized spacial score (nSPS) is 23.8. The van der Waals surface area contributed by atoms with Crippen molar-refractivity contribution in [2.45, 2.75) is 48.5 Å². The van der Waals surface area contributed by atoms with E-state index in [2.05, 4.69) is 55.3 Å². The minimum atomic E-state index is 0. The van der Waals surface area contributed by atoms with Gasteiger partial charge in [0.1, 0.15) is 5.75 Å². The number of rotatable bonds is 4. The molecule has 0 spiro atoms. The summed E-state index contributed by atoms with van der Waals surface area (Å²) in [6, 6.07) is 14.7. The van der Waals surface area contributed by atoms with Crippen molar-refractivity contribution in [2.24, 2.45) is 34.6 Å². The molecule has 0 radical (unpaired) electrons.